The van der Waals surface area contributed by atoms with E-state index >= 15 is 0 Å². The Bertz CT molecular complexity index is 1280. The van der Waals surface area contributed by atoms with Crippen LogP contribution in [0.4, 0.5) is 15.8 Å². The summed E-state index contributed by atoms with van der Waals surface area (Å²) in [5.41, 5.74) is 0.953. The van der Waals surface area contributed by atoms with Gasteiger partial charge in [-0.3, -0.25) is 14.6 Å². The highest BCUT2D eigenvalue weighted by molar-refractivity contribution is 6.31. The van der Waals surface area contributed by atoms with E-state index in [1.807, 2.05) is 0 Å². The molecule has 2 amide bonds. The standard InChI is InChI=1S/C25H26ClFN6O4/c1-15-28-10-17(11-29-15)23(34)33-25(5-6-37-14-25)24(35)31-13-22-20(26)8-18(12-30-22)32-21-4-3-19(36-2)7-16(21)9-27/h3-4,7-8,10-12,32H,5-6,9,13-14H2,1-2H3,(H,31,35)(H,33,34)/t25-/m0/s1. The number of carbonyl (C=O) groups excluding carboxylic acids is 2. The van der Waals surface area contributed by atoms with Gasteiger partial charge in [-0.25, -0.2) is 14.4 Å². The minimum absolute atomic E-state index is 0.0279. The second-order valence-electron chi connectivity index (χ2n) is 8.47. The summed E-state index contributed by atoms with van der Waals surface area (Å²) in [6.45, 7) is 1.42. The number of benzene rings is 1. The number of hydrogen-bond acceptors (Lipinski definition) is 8. The van der Waals surface area contributed by atoms with Crippen LogP contribution in [-0.4, -0.2) is 52.6 Å². The summed E-state index contributed by atoms with van der Waals surface area (Å²) < 4.78 is 24.0. The largest absolute Gasteiger partial charge is 0.497 e. The van der Waals surface area contributed by atoms with Crippen LogP contribution in [0.3, 0.4) is 0 Å². The second kappa shape index (κ2) is 11.5. The maximum Gasteiger partial charge on any atom is 0.255 e. The maximum atomic E-state index is 13.5. The molecule has 12 heteroatoms. The lowest BCUT2D eigenvalue weighted by molar-refractivity contribution is -0.127. The number of ether oxygens (including phenoxy) is 2. The highest BCUT2D eigenvalue weighted by Gasteiger charge is 2.44. The van der Waals surface area contributed by atoms with E-state index in [1.54, 1.807) is 31.2 Å². The lowest BCUT2D eigenvalue weighted by Crippen LogP contribution is -2.59. The zero-order valence-corrected chi connectivity index (χ0v) is 21.1. The molecule has 3 N–H and O–H groups in total. The molecule has 0 unspecified atom stereocenters. The molecule has 4 rings (SSSR count). The van der Waals surface area contributed by atoms with E-state index in [0.717, 1.165) is 0 Å². The van der Waals surface area contributed by atoms with Gasteiger partial charge in [0.25, 0.3) is 5.91 Å². The van der Waals surface area contributed by atoms with E-state index in [1.165, 1.54) is 25.7 Å². The SMILES string of the molecule is COc1ccc(Nc2cnc(CNC(=O)[C@]3(NC(=O)c4cnc(C)nc4)CCOC3)c(Cl)c2)c(CF)c1. The zero-order valence-electron chi connectivity index (χ0n) is 20.3. The monoisotopic (exact) mass is 528 g/mol. The third kappa shape index (κ3) is 6.12. The van der Waals surface area contributed by atoms with Gasteiger partial charge in [0, 0.05) is 36.7 Å². The van der Waals surface area contributed by atoms with Crippen molar-refractivity contribution in [2.45, 2.75) is 32.1 Å². The van der Waals surface area contributed by atoms with Crippen molar-refractivity contribution < 1.29 is 23.5 Å². The number of hydrogen-bond donors (Lipinski definition) is 3. The molecule has 0 saturated carbocycles. The molecular weight excluding hydrogens is 503 g/mol. The van der Waals surface area contributed by atoms with E-state index < -0.39 is 24.0 Å². The summed E-state index contributed by atoms with van der Waals surface area (Å²) in [7, 11) is 1.51. The molecule has 1 aliphatic heterocycles. The van der Waals surface area contributed by atoms with Crippen molar-refractivity contribution in [3.05, 3.63) is 70.5 Å². The van der Waals surface area contributed by atoms with Crippen LogP contribution >= 0.6 is 11.6 Å². The van der Waals surface area contributed by atoms with Crippen molar-refractivity contribution in [1.29, 1.82) is 0 Å². The summed E-state index contributed by atoms with van der Waals surface area (Å²) in [5.74, 6) is 0.190. The molecule has 37 heavy (non-hydrogen) atoms. The fourth-order valence-corrected chi connectivity index (χ4v) is 4.01. The first-order chi connectivity index (χ1) is 17.8. The van der Waals surface area contributed by atoms with Crippen LogP contribution in [0.5, 0.6) is 5.75 Å². The molecule has 0 spiro atoms. The van der Waals surface area contributed by atoms with Crippen molar-refractivity contribution in [1.82, 2.24) is 25.6 Å². The molecule has 2 aromatic heterocycles. The maximum absolute atomic E-state index is 13.5. The third-order valence-electron chi connectivity index (χ3n) is 5.92. The Morgan fingerprint density at radius 2 is 1.97 bits per heavy atom. The summed E-state index contributed by atoms with van der Waals surface area (Å²) in [5, 5.41) is 8.97. The molecule has 0 bridgehead atoms. The molecule has 1 aromatic carbocycles. The smallest absolute Gasteiger partial charge is 0.255 e. The first kappa shape index (κ1) is 26.2. The number of methoxy groups -OCH3 is 1. The van der Waals surface area contributed by atoms with E-state index in [4.69, 9.17) is 21.1 Å². The Balaban J connectivity index is 1.41. The fourth-order valence-electron chi connectivity index (χ4n) is 3.78. The van der Waals surface area contributed by atoms with Gasteiger partial charge in [-0.15, -0.1) is 0 Å². The predicted molar refractivity (Wildman–Crippen MR) is 135 cm³/mol. The van der Waals surface area contributed by atoms with Gasteiger partial charge >= 0.3 is 0 Å². The van der Waals surface area contributed by atoms with Crippen LogP contribution < -0.4 is 20.7 Å². The Labute approximate surface area is 218 Å². The highest BCUT2D eigenvalue weighted by Crippen LogP contribution is 2.28. The highest BCUT2D eigenvalue weighted by atomic mass is 35.5. The number of pyridine rings is 1. The number of aromatic nitrogens is 3. The van der Waals surface area contributed by atoms with E-state index in [9.17, 15) is 14.0 Å². The second-order valence-corrected chi connectivity index (χ2v) is 8.88. The van der Waals surface area contributed by atoms with Crippen molar-refractivity contribution in [2.75, 3.05) is 25.6 Å². The van der Waals surface area contributed by atoms with Gasteiger partial charge in [-0.2, -0.15) is 0 Å². The quantitative estimate of drug-likeness (QED) is 0.386. The number of rotatable bonds is 9. The zero-order chi connectivity index (χ0) is 26.4. The molecule has 194 valence electrons. The van der Waals surface area contributed by atoms with Gasteiger partial charge in [0.05, 0.1) is 48.4 Å². The van der Waals surface area contributed by atoms with E-state index in [-0.39, 0.29) is 18.7 Å². The molecule has 10 nitrogen and oxygen atoms in total. The number of aryl methyl sites for hydroxylation is 1. The number of anilines is 2. The predicted octanol–water partition coefficient (Wildman–Crippen LogP) is 3.26. The lowest BCUT2D eigenvalue weighted by Gasteiger charge is -2.27. The van der Waals surface area contributed by atoms with Gasteiger partial charge in [0.15, 0.2) is 0 Å². The van der Waals surface area contributed by atoms with Crippen molar-refractivity contribution in [3.63, 3.8) is 0 Å². The molecule has 0 radical (unpaired) electrons. The average molecular weight is 529 g/mol. The van der Waals surface area contributed by atoms with Gasteiger partial charge in [-0.05, 0) is 31.2 Å². The molecular formula is C25H26ClFN6O4. The van der Waals surface area contributed by atoms with Crippen LogP contribution in [0.15, 0.2) is 42.9 Å². The number of halogens is 2. The first-order valence-electron chi connectivity index (χ1n) is 11.4. The molecule has 1 atom stereocenters. The average Bonchev–Trinajstić information content (AvgIpc) is 3.38. The topological polar surface area (TPSA) is 127 Å². The van der Waals surface area contributed by atoms with Crippen LogP contribution in [0, 0.1) is 6.92 Å². The molecule has 1 fully saturated rings. The minimum Gasteiger partial charge on any atom is -0.497 e. The van der Waals surface area contributed by atoms with Crippen LogP contribution in [-0.2, 0) is 22.8 Å². The van der Waals surface area contributed by atoms with Crippen LogP contribution in [0.2, 0.25) is 5.02 Å². The molecule has 3 aromatic rings. The van der Waals surface area contributed by atoms with Gasteiger partial charge < -0.3 is 25.4 Å². The summed E-state index contributed by atoms with van der Waals surface area (Å²) in [6, 6.07) is 6.66. The van der Waals surface area contributed by atoms with Gasteiger partial charge in [0.1, 0.15) is 23.8 Å². The Morgan fingerprint density at radius 1 is 1.19 bits per heavy atom. The van der Waals surface area contributed by atoms with Crippen LogP contribution in [0.25, 0.3) is 0 Å². The van der Waals surface area contributed by atoms with E-state index in [2.05, 4.69) is 30.9 Å². The molecule has 1 aliphatic rings. The summed E-state index contributed by atoms with van der Waals surface area (Å²) in [6.07, 6.45) is 4.65. The molecule has 0 aliphatic carbocycles. The van der Waals surface area contributed by atoms with Crippen molar-refractivity contribution >= 4 is 34.8 Å². The lowest BCUT2D eigenvalue weighted by atomic mass is 9.96. The normalized spacial score (nSPS) is 16.8. The molecule has 3 heterocycles. The number of nitrogens with zero attached hydrogens (tertiary/aromatic N) is 3. The summed E-state index contributed by atoms with van der Waals surface area (Å²) >= 11 is 6.42. The van der Waals surface area contributed by atoms with Crippen molar-refractivity contribution in [3.8, 4) is 5.75 Å². The fraction of sp³-hybridized carbons (Fsp3) is 0.320. The first-order valence-corrected chi connectivity index (χ1v) is 11.8. The Hall–Kier alpha value is -3.83. The van der Waals surface area contributed by atoms with Crippen molar-refractivity contribution in [2.24, 2.45) is 0 Å². The minimum atomic E-state index is -1.24. The Morgan fingerprint density at radius 3 is 2.62 bits per heavy atom. The van der Waals surface area contributed by atoms with Gasteiger partial charge in [0.2, 0.25) is 5.91 Å². The van der Waals surface area contributed by atoms with E-state index in [0.29, 0.717) is 52.3 Å². The Kier molecular flexibility index (Phi) is 8.14. The third-order valence-corrected chi connectivity index (χ3v) is 6.25. The number of nitrogens with one attached hydrogen (secondary N) is 3. The number of amides is 2. The van der Waals surface area contributed by atoms with Gasteiger partial charge in [-0.1, -0.05) is 11.6 Å². The number of alkyl halides is 1. The molecule has 1 saturated heterocycles. The number of carbonyl (C=O) groups is 2. The summed E-state index contributed by atoms with van der Waals surface area (Å²) in [4.78, 5) is 38.2. The van der Waals surface area contributed by atoms with Crippen LogP contribution in [0.1, 0.15) is 33.9 Å².